The lowest BCUT2D eigenvalue weighted by molar-refractivity contribution is -0.146. The number of carbonyl (C=O) groups is 2. The van der Waals surface area contributed by atoms with Gasteiger partial charge in [0, 0.05) is 6.54 Å². The second-order valence-electron chi connectivity index (χ2n) is 4.73. The third kappa shape index (κ3) is 5.04. The quantitative estimate of drug-likeness (QED) is 0.554. The van der Waals surface area contributed by atoms with Gasteiger partial charge in [0.05, 0.1) is 6.54 Å². The Morgan fingerprint density at radius 1 is 1.35 bits per heavy atom. The zero-order chi connectivity index (χ0) is 12.8. The van der Waals surface area contributed by atoms with Gasteiger partial charge < -0.3 is 20.8 Å². The maximum Gasteiger partial charge on any atom is 0.334 e. The molecule has 0 radical (unpaired) electrons. The number of urea groups is 1. The molecular weight excluding hydrogens is 224 g/mol. The van der Waals surface area contributed by atoms with E-state index < -0.39 is 18.1 Å². The van der Waals surface area contributed by atoms with Crippen molar-refractivity contribution >= 4 is 12.0 Å². The normalized spacial score (nSPS) is 25.3. The molecule has 2 unspecified atom stereocenters. The van der Waals surface area contributed by atoms with Gasteiger partial charge in [-0.25, -0.2) is 9.59 Å². The van der Waals surface area contributed by atoms with Crippen LogP contribution in [0.15, 0.2) is 0 Å². The van der Waals surface area contributed by atoms with E-state index in [9.17, 15) is 9.59 Å². The molecule has 98 valence electrons. The third-order valence-corrected chi connectivity index (χ3v) is 3.10. The molecule has 0 aliphatic heterocycles. The lowest BCUT2D eigenvalue weighted by atomic mass is 10.1. The molecule has 1 aliphatic carbocycles. The summed E-state index contributed by atoms with van der Waals surface area (Å²) in [6.07, 6.45) is 1.90. The van der Waals surface area contributed by atoms with Gasteiger partial charge in [-0.05, 0) is 24.7 Å². The zero-order valence-electron chi connectivity index (χ0n) is 9.98. The molecule has 0 aromatic carbocycles. The van der Waals surface area contributed by atoms with Crippen molar-refractivity contribution in [3.8, 4) is 0 Å². The van der Waals surface area contributed by atoms with Crippen molar-refractivity contribution in [3.63, 3.8) is 0 Å². The van der Waals surface area contributed by atoms with Crippen LogP contribution < -0.4 is 10.6 Å². The molecule has 3 atom stereocenters. The van der Waals surface area contributed by atoms with Gasteiger partial charge in [-0.1, -0.05) is 13.3 Å². The number of carboxylic acids is 1. The molecule has 1 rings (SSSR count). The van der Waals surface area contributed by atoms with Crippen molar-refractivity contribution in [1.29, 1.82) is 0 Å². The smallest absolute Gasteiger partial charge is 0.334 e. The van der Waals surface area contributed by atoms with Gasteiger partial charge in [0.25, 0.3) is 0 Å². The van der Waals surface area contributed by atoms with Crippen molar-refractivity contribution in [3.05, 3.63) is 0 Å². The lowest BCUT2D eigenvalue weighted by Crippen LogP contribution is -2.43. The summed E-state index contributed by atoms with van der Waals surface area (Å²) in [5, 5.41) is 22.4. The number of carboxylic acid groups (broad SMARTS) is 1. The van der Waals surface area contributed by atoms with Gasteiger partial charge in [0.1, 0.15) is 0 Å². The van der Waals surface area contributed by atoms with E-state index in [2.05, 4.69) is 17.6 Å². The molecular formula is C11H20N2O4. The molecule has 0 bridgehead atoms. The predicted octanol–water partition coefficient (Wildman–Crippen LogP) is 0.167. The Hall–Kier alpha value is -1.30. The summed E-state index contributed by atoms with van der Waals surface area (Å²) >= 11 is 0. The summed E-state index contributed by atoms with van der Waals surface area (Å²) in [6.45, 7) is 2.53. The van der Waals surface area contributed by atoms with Crippen LogP contribution in [0.1, 0.15) is 26.2 Å². The van der Waals surface area contributed by atoms with Gasteiger partial charge in [-0.15, -0.1) is 0 Å². The second kappa shape index (κ2) is 6.44. The minimum Gasteiger partial charge on any atom is -0.479 e. The molecule has 0 spiro atoms. The third-order valence-electron chi connectivity index (χ3n) is 3.10. The Labute approximate surface area is 100 Å². The molecule has 6 nitrogen and oxygen atoms in total. The molecule has 0 heterocycles. The molecule has 0 aromatic heterocycles. The summed E-state index contributed by atoms with van der Waals surface area (Å²) in [5.74, 6) is -0.103. The lowest BCUT2D eigenvalue weighted by Gasteiger charge is -2.12. The van der Waals surface area contributed by atoms with Gasteiger partial charge in [0.15, 0.2) is 6.10 Å². The fraction of sp³-hybridized carbons (Fsp3) is 0.818. The van der Waals surface area contributed by atoms with Crippen LogP contribution in [-0.4, -0.2) is 41.4 Å². The predicted molar refractivity (Wildman–Crippen MR) is 61.5 cm³/mol. The first-order chi connectivity index (χ1) is 7.99. The highest BCUT2D eigenvalue weighted by molar-refractivity contribution is 5.76. The number of hydrogen-bond donors (Lipinski definition) is 4. The maximum absolute atomic E-state index is 11.3. The van der Waals surface area contributed by atoms with E-state index in [0.717, 1.165) is 18.8 Å². The molecule has 0 aromatic rings. The highest BCUT2D eigenvalue weighted by atomic mass is 16.4. The van der Waals surface area contributed by atoms with Crippen LogP contribution in [0.25, 0.3) is 0 Å². The molecule has 1 fully saturated rings. The summed E-state index contributed by atoms with van der Waals surface area (Å²) in [7, 11) is 0. The number of rotatable bonds is 5. The van der Waals surface area contributed by atoms with Crippen molar-refractivity contribution in [2.24, 2.45) is 11.8 Å². The van der Waals surface area contributed by atoms with Crippen LogP contribution >= 0.6 is 0 Å². The number of aliphatic hydroxyl groups excluding tert-OH is 1. The number of amides is 2. The first-order valence-electron chi connectivity index (χ1n) is 5.91. The van der Waals surface area contributed by atoms with Crippen molar-refractivity contribution in [2.45, 2.75) is 32.3 Å². The summed E-state index contributed by atoms with van der Waals surface area (Å²) < 4.78 is 0. The van der Waals surface area contributed by atoms with Crippen LogP contribution in [-0.2, 0) is 4.79 Å². The number of carbonyl (C=O) groups excluding carboxylic acids is 1. The average Bonchev–Trinajstić information content (AvgIpc) is 2.69. The summed E-state index contributed by atoms with van der Waals surface area (Å²) in [6, 6.07) is -0.426. The molecule has 1 saturated carbocycles. The highest BCUT2D eigenvalue weighted by Gasteiger charge is 2.21. The van der Waals surface area contributed by atoms with Gasteiger partial charge in [-0.2, -0.15) is 0 Å². The highest BCUT2D eigenvalue weighted by Crippen LogP contribution is 2.29. The van der Waals surface area contributed by atoms with Gasteiger partial charge >= 0.3 is 12.0 Å². The minimum atomic E-state index is -1.55. The fourth-order valence-corrected chi connectivity index (χ4v) is 2.09. The molecule has 17 heavy (non-hydrogen) atoms. The first-order valence-corrected chi connectivity index (χ1v) is 5.91. The minimum absolute atomic E-state index is 0.276. The Balaban J connectivity index is 2.11. The molecule has 6 heteroatoms. The van der Waals surface area contributed by atoms with Crippen LogP contribution in [0.3, 0.4) is 0 Å². The van der Waals surface area contributed by atoms with E-state index in [-0.39, 0.29) is 6.54 Å². The Kier molecular flexibility index (Phi) is 5.21. The van der Waals surface area contributed by atoms with Crippen LogP contribution in [0, 0.1) is 11.8 Å². The second-order valence-corrected chi connectivity index (χ2v) is 4.73. The SMILES string of the molecule is CC1CCC(CNC(=O)NC[C@H](O)C(=O)O)C1. The van der Waals surface area contributed by atoms with E-state index in [0.29, 0.717) is 12.5 Å². The average molecular weight is 244 g/mol. The van der Waals surface area contributed by atoms with Crippen molar-refractivity contribution in [1.82, 2.24) is 10.6 Å². The van der Waals surface area contributed by atoms with E-state index in [1.807, 2.05) is 0 Å². The summed E-state index contributed by atoms with van der Waals surface area (Å²) in [5.41, 5.74) is 0. The molecule has 0 saturated heterocycles. The molecule has 2 amide bonds. The largest absolute Gasteiger partial charge is 0.479 e. The number of nitrogens with one attached hydrogen (secondary N) is 2. The van der Waals surface area contributed by atoms with Crippen molar-refractivity contribution < 1.29 is 19.8 Å². The first kappa shape index (κ1) is 13.8. The Morgan fingerprint density at radius 3 is 2.59 bits per heavy atom. The summed E-state index contributed by atoms with van der Waals surface area (Å²) in [4.78, 5) is 21.6. The van der Waals surface area contributed by atoms with E-state index in [1.54, 1.807) is 0 Å². The Bertz CT molecular complexity index is 283. The monoisotopic (exact) mass is 244 g/mol. The van der Waals surface area contributed by atoms with E-state index >= 15 is 0 Å². The van der Waals surface area contributed by atoms with Crippen molar-refractivity contribution in [2.75, 3.05) is 13.1 Å². The van der Waals surface area contributed by atoms with Crippen LogP contribution in [0.2, 0.25) is 0 Å². The fourth-order valence-electron chi connectivity index (χ4n) is 2.09. The van der Waals surface area contributed by atoms with E-state index in [1.165, 1.54) is 6.42 Å². The zero-order valence-corrected chi connectivity index (χ0v) is 9.98. The Morgan fingerprint density at radius 2 is 2.06 bits per heavy atom. The number of hydrogen-bond acceptors (Lipinski definition) is 3. The van der Waals surface area contributed by atoms with Crippen LogP contribution in [0.4, 0.5) is 4.79 Å². The van der Waals surface area contributed by atoms with Gasteiger partial charge in [0.2, 0.25) is 0 Å². The van der Waals surface area contributed by atoms with Gasteiger partial charge in [-0.3, -0.25) is 0 Å². The van der Waals surface area contributed by atoms with E-state index in [4.69, 9.17) is 10.2 Å². The molecule has 4 N–H and O–H groups in total. The topological polar surface area (TPSA) is 98.7 Å². The maximum atomic E-state index is 11.3. The number of aliphatic carboxylic acids is 1. The van der Waals surface area contributed by atoms with Crippen LogP contribution in [0.5, 0.6) is 0 Å². The standard InChI is InChI=1S/C11H20N2O4/c1-7-2-3-8(4-7)5-12-11(17)13-6-9(14)10(15)16/h7-9,14H,2-6H2,1H3,(H,15,16)(H2,12,13,17)/t7?,8?,9-/m0/s1. The number of aliphatic hydroxyl groups is 1. The molecule has 1 aliphatic rings.